The van der Waals surface area contributed by atoms with E-state index in [-0.39, 0.29) is 0 Å². The van der Waals surface area contributed by atoms with E-state index in [1.165, 1.54) is 20.1 Å². The fourth-order valence-electron chi connectivity index (χ4n) is 0.0871. The highest BCUT2D eigenvalue weighted by atomic mass is 32.2. The average molecular weight is 146 g/mol. The van der Waals surface area contributed by atoms with E-state index < -0.39 is 14.5 Å². The Bertz CT molecular complexity index is 232. The SMILES string of the molecule is CC(C)(C#N)S(C)(=N)=O. The van der Waals surface area contributed by atoms with E-state index in [2.05, 4.69) is 0 Å². The minimum Gasteiger partial charge on any atom is -0.252 e. The summed E-state index contributed by atoms with van der Waals surface area (Å²) < 4.78 is 16.9. The molecule has 0 spiro atoms. The molecule has 52 valence electrons. The van der Waals surface area contributed by atoms with Crippen LogP contribution in [-0.2, 0) is 9.73 Å². The molecule has 0 aliphatic carbocycles. The zero-order valence-corrected chi connectivity index (χ0v) is 6.58. The maximum absolute atomic E-state index is 10.9. The molecule has 0 aliphatic heterocycles. The van der Waals surface area contributed by atoms with Crippen LogP contribution in [0.4, 0.5) is 0 Å². The lowest BCUT2D eigenvalue weighted by molar-refractivity contribution is 0.659. The average Bonchev–Trinajstić information content (AvgIpc) is 1.64. The van der Waals surface area contributed by atoms with Crippen molar-refractivity contribution in [3.05, 3.63) is 0 Å². The Morgan fingerprint density at radius 3 is 2.00 bits per heavy atom. The first kappa shape index (κ1) is 8.44. The monoisotopic (exact) mass is 146 g/mol. The van der Waals surface area contributed by atoms with Crippen molar-refractivity contribution in [2.45, 2.75) is 18.6 Å². The molecule has 1 N–H and O–H groups in total. The van der Waals surface area contributed by atoms with Crippen molar-refractivity contribution in [3.63, 3.8) is 0 Å². The molecule has 0 aromatic rings. The van der Waals surface area contributed by atoms with E-state index >= 15 is 0 Å². The molecule has 0 amide bonds. The quantitative estimate of drug-likeness (QED) is 0.599. The molecule has 1 unspecified atom stereocenters. The Morgan fingerprint density at radius 1 is 1.67 bits per heavy atom. The summed E-state index contributed by atoms with van der Waals surface area (Å²) in [6, 6.07) is 1.82. The zero-order valence-electron chi connectivity index (χ0n) is 5.76. The number of nitriles is 1. The highest BCUT2D eigenvalue weighted by Crippen LogP contribution is 2.12. The van der Waals surface area contributed by atoms with Gasteiger partial charge in [-0.3, -0.25) is 4.78 Å². The van der Waals surface area contributed by atoms with Gasteiger partial charge in [-0.15, -0.1) is 0 Å². The van der Waals surface area contributed by atoms with Gasteiger partial charge in [0.25, 0.3) is 0 Å². The van der Waals surface area contributed by atoms with Crippen LogP contribution in [0.15, 0.2) is 0 Å². The smallest absolute Gasteiger partial charge is 0.134 e. The van der Waals surface area contributed by atoms with Gasteiger partial charge in [-0.1, -0.05) is 0 Å². The molecule has 0 radical (unpaired) electrons. The maximum Gasteiger partial charge on any atom is 0.134 e. The minimum atomic E-state index is -2.71. The van der Waals surface area contributed by atoms with Crippen LogP contribution in [0, 0.1) is 16.1 Å². The van der Waals surface area contributed by atoms with Crippen LogP contribution in [0.3, 0.4) is 0 Å². The second kappa shape index (κ2) is 1.99. The molecule has 4 heteroatoms. The number of hydrogen-bond donors (Lipinski definition) is 1. The molecular formula is C5H10N2OS. The Balaban J connectivity index is 4.85. The summed E-state index contributed by atoms with van der Waals surface area (Å²) in [6.45, 7) is 3.00. The van der Waals surface area contributed by atoms with Crippen LogP contribution < -0.4 is 0 Å². The molecule has 0 bridgehead atoms. The predicted octanol–water partition coefficient (Wildman–Crippen LogP) is 0.965. The van der Waals surface area contributed by atoms with Gasteiger partial charge in [0.05, 0.1) is 15.8 Å². The minimum absolute atomic E-state index is 1.02. The summed E-state index contributed by atoms with van der Waals surface area (Å²) >= 11 is 0. The number of rotatable bonds is 1. The van der Waals surface area contributed by atoms with Gasteiger partial charge in [-0.05, 0) is 13.8 Å². The normalized spacial score (nSPS) is 18.0. The van der Waals surface area contributed by atoms with Crippen LogP contribution in [0.1, 0.15) is 13.8 Å². The number of nitrogens with one attached hydrogen (secondary N) is 1. The molecule has 0 heterocycles. The Labute approximate surface area is 55.7 Å². The summed E-state index contributed by atoms with van der Waals surface area (Å²) in [5.74, 6) is 0. The maximum atomic E-state index is 10.9. The lowest BCUT2D eigenvalue weighted by Gasteiger charge is -2.14. The summed E-state index contributed by atoms with van der Waals surface area (Å²) in [4.78, 5) is 0. The van der Waals surface area contributed by atoms with Gasteiger partial charge >= 0.3 is 0 Å². The third kappa shape index (κ3) is 1.68. The van der Waals surface area contributed by atoms with Crippen molar-refractivity contribution in [3.8, 4) is 6.07 Å². The molecule has 3 nitrogen and oxygen atoms in total. The summed E-state index contributed by atoms with van der Waals surface area (Å²) in [5.41, 5.74) is 0. The lowest BCUT2D eigenvalue weighted by atomic mass is 10.2. The van der Waals surface area contributed by atoms with Crippen molar-refractivity contribution >= 4 is 9.73 Å². The van der Waals surface area contributed by atoms with Crippen LogP contribution in [0.5, 0.6) is 0 Å². The molecule has 0 fully saturated rings. The van der Waals surface area contributed by atoms with E-state index in [0.29, 0.717) is 0 Å². The highest BCUT2D eigenvalue weighted by molar-refractivity contribution is 7.93. The van der Waals surface area contributed by atoms with Gasteiger partial charge in [0, 0.05) is 6.26 Å². The van der Waals surface area contributed by atoms with Crippen LogP contribution in [0.2, 0.25) is 0 Å². The molecular weight excluding hydrogens is 136 g/mol. The molecule has 0 aromatic carbocycles. The van der Waals surface area contributed by atoms with Gasteiger partial charge in [-0.2, -0.15) is 5.26 Å². The number of hydrogen-bond acceptors (Lipinski definition) is 3. The molecule has 0 saturated carbocycles. The zero-order chi connectivity index (χ0) is 7.71. The second-order valence-corrected chi connectivity index (χ2v) is 5.17. The molecule has 9 heavy (non-hydrogen) atoms. The molecule has 1 atom stereocenters. The number of nitrogens with zero attached hydrogens (tertiary/aromatic N) is 1. The first-order chi connectivity index (χ1) is 3.81. The topological polar surface area (TPSA) is 64.7 Å². The van der Waals surface area contributed by atoms with Crippen molar-refractivity contribution in [1.82, 2.24) is 0 Å². The molecule has 0 aromatic heterocycles. The van der Waals surface area contributed by atoms with Crippen molar-refractivity contribution < 1.29 is 4.21 Å². The Kier molecular flexibility index (Phi) is 1.87. The van der Waals surface area contributed by atoms with E-state index in [0.717, 1.165) is 0 Å². The fraction of sp³-hybridized carbons (Fsp3) is 0.800. The third-order valence-corrected chi connectivity index (χ3v) is 3.28. The van der Waals surface area contributed by atoms with Gasteiger partial charge in [0.15, 0.2) is 0 Å². The van der Waals surface area contributed by atoms with Gasteiger partial charge in [-0.25, -0.2) is 4.21 Å². The van der Waals surface area contributed by atoms with Crippen molar-refractivity contribution in [1.29, 1.82) is 10.0 Å². The summed E-state index contributed by atoms with van der Waals surface area (Å²) in [7, 11) is -2.71. The summed E-state index contributed by atoms with van der Waals surface area (Å²) in [5, 5.41) is 8.38. The van der Waals surface area contributed by atoms with Crippen molar-refractivity contribution in [2.75, 3.05) is 6.26 Å². The third-order valence-electron chi connectivity index (χ3n) is 1.24. The fourth-order valence-corrected chi connectivity index (χ4v) is 0.261. The first-order valence-electron chi connectivity index (χ1n) is 2.46. The molecule has 0 saturated heterocycles. The van der Waals surface area contributed by atoms with Gasteiger partial charge < -0.3 is 0 Å². The van der Waals surface area contributed by atoms with E-state index in [1.54, 1.807) is 0 Å². The Hall–Kier alpha value is -0.560. The highest BCUT2D eigenvalue weighted by Gasteiger charge is 2.25. The van der Waals surface area contributed by atoms with E-state index in [4.69, 9.17) is 10.0 Å². The van der Waals surface area contributed by atoms with Gasteiger partial charge in [0.1, 0.15) is 4.75 Å². The molecule has 0 aliphatic rings. The lowest BCUT2D eigenvalue weighted by Crippen LogP contribution is -2.27. The van der Waals surface area contributed by atoms with Crippen LogP contribution >= 0.6 is 0 Å². The van der Waals surface area contributed by atoms with Crippen molar-refractivity contribution in [2.24, 2.45) is 0 Å². The standard InChI is InChI=1S/C5H10N2OS/c1-5(2,4-6)9(3,7)8/h7H,1-3H3. The van der Waals surface area contributed by atoms with E-state index in [1.807, 2.05) is 6.07 Å². The first-order valence-corrected chi connectivity index (χ1v) is 4.42. The van der Waals surface area contributed by atoms with Gasteiger partial charge in [0.2, 0.25) is 0 Å². The van der Waals surface area contributed by atoms with Crippen LogP contribution in [0.25, 0.3) is 0 Å². The summed E-state index contributed by atoms with van der Waals surface area (Å²) in [6.07, 6.45) is 1.27. The second-order valence-electron chi connectivity index (χ2n) is 2.47. The Morgan fingerprint density at radius 2 is 2.00 bits per heavy atom. The predicted molar refractivity (Wildman–Crippen MR) is 36.5 cm³/mol. The largest absolute Gasteiger partial charge is 0.252 e. The van der Waals surface area contributed by atoms with E-state index in [9.17, 15) is 4.21 Å². The van der Waals surface area contributed by atoms with Crippen LogP contribution in [-0.4, -0.2) is 15.2 Å². The molecule has 0 rings (SSSR count).